The first kappa shape index (κ1) is 20.6. The topological polar surface area (TPSA) is 102 Å². The third kappa shape index (κ3) is 3.57. The number of benzene rings is 2. The molecule has 2 N–H and O–H groups in total. The Morgan fingerprint density at radius 2 is 1.91 bits per heavy atom. The number of hydrogen-bond donors (Lipinski definition) is 2. The number of hydrogen-bond acceptors (Lipinski definition) is 4. The summed E-state index contributed by atoms with van der Waals surface area (Å²) >= 11 is 0. The van der Waals surface area contributed by atoms with Gasteiger partial charge in [-0.1, -0.05) is 18.2 Å². The van der Waals surface area contributed by atoms with Crippen LogP contribution >= 0.6 is 0 Å². The van der Waals surface area contributed by atoms with Gasteiger partial charge in [-0.2, -0.15) is 10.2 Å². The second kappa shape index (κ2) is 8.01. The van der Waals surface area contributed by atoms with Crippen LogP contribution in [0, 0.1) is 12.7 Å². The van der Waals surface area contributed by atoms with Gasteiger partial charge >= 0.3 is 5.97 Å². The van der Waals surface area contributed by atoms with E-state index in [2.05, 4.69) is 15.5 Å². The van der Waals surface area contributed by atoms with Crippen LogP contribution in [-0.2, 0) is 12.8 Å². The minimum Gasteiger partial charge on any atom is -0.478 e. The van der Waals surface area contributed by atoms with E-state index in [1.807, 2.05) is 0 Å². The zero-order valence-corrected chi connectivity index (χ0v) is 17.7. The van der Waals surface area contributed by atoms with E-state index >= 15 is 0 Å². The standard InChI is InChI=1S/C24H20FN5O3/c1-14-18(24(32)33)13-26-29(14)16-7-4-6-15(12-16)27-23(31)22-17-8-5-11-20(17)30(28-22)21-10-3-2-9-19(21)25/h2-4,6-7,9-10,12-13H,5,8,11H2,1H3,(H,27,31)(H,32,33). The average molecular weight is 445 g/mol. The summed E-state index contributed by atoms with van der Waals surface area (Å²) < 4.78 is 17.4. The number of carbonyl (C=O) groups excluding carboxylic acids is 1. The highest BCUT2D eigenvalue weighted by molar-refractivity contribution is 6.04. The molecule has 1 aliphatic carbocycles. The van der Waals surface area contributed by atoms with Crippen molar-refractivity contribution in [2.75, 3.05) is 5.32 Å². The Balaban J connectivity index is 1.46. The Hall–Kier alpha value is -4.27. The molecule has 0 saturated carbocycles. The maximum absolute atomic E-state index is 14.4. The third-order valence-corrected chi connectivity index (χ3v) is 5.81. The fourth-order valence-corrected chi connectivity index (χ4v) is 4.23. The zero-order chi connectivity index (χ0) is 23.1. The summed E-state index contributed by atoms with van der Waals surface area (Å²) in [4.78, 5) is 24.4. The molecule has 0 saturated heterocycles. The van der Waals surface area contributed by atoms with E-state index < -0.39 is 11.8 Å². The highest BCUT2D eigenvalue weighted by atomic mass is 19.1. The quantitative estimate of drug-likeness (QED) is 0.484. The molecular weight excluding hydrogens is 425 g/mol. The van der Waals surface area contributed by atoms with Crippen molar-refractivity contribution in [2.24, 2.45) is 0 Å². The summed E-state index contributed by atoms with van der Waals surface area (Å²) in [5.74, 6) is -1.84. The van der Waals surface area contributed by atoms with E-state index in [1.165, 1.54) is 21.6 Å². The molecule has 2 aromatic carbocycles. The lowest BCUT2D eigenvalue weighted by Gasteiger charge is -2.09. The van der Waals surface area contributed by atoms with E-state index in [0.717, 1.165) is 24.1 Å². The number of nitrogens with one attached hydrogen (secondary N) is 1. The summed E-state index contributed by atoms with van der Waals surface area (Å²) in [6.45, 7) is 1.67. The number of nitrogens with zero attached hydrogens (tertiary/aromatic N) is 4. The number of rotatable bonds is 5. The van der Waals surface area contributed by atoms with E-state index in [-0.39, 0.29) is 17.2 Å². The Morgan fingerprint density at radius 1 is 1.09 bits per heavy atom. The Bertz CT molecular complexity index is 1410. The first-order valence-electron chi connectivity index (χ1n) is 10.5. The Labute approximate surface area is 188 Å². The molecular formula is C24H20FN5O3. The van der Waals surface area contributed by atoms with Gasteiger partial charge in [0.25, 0.3) is 5.91 Å². The van der Waals surface area contributed by atoms with Gasteiger partial charge in [0.15, 0.2) is 5.69 Å². The number of carboxylic acid groups (broad SMARTS) is 1. The Morgan fingerprint density at radius 3 is 2.67 bits per heavy atom. The molecule has 1 aliphatic rings. The van der Waals surface area contributed by atoms with Gasteiger partial charge in [-0.25, -0.2) is 18.5 Å². The summed E-state index contributed by atoms with van der Waals surface area (Å²) in [6.07, 6.45) is 3.60. The van der Waals surface area contributed by atoms with Gasteiger partial charge in [0.2, 0.25) is 0 Å². The van der Waals surface area contributed by atoms with Crippen molar-refractivity contribution in [1.29, 1.82) is 0 Å². The molecule has 4 aromatic rings. The monoisotopic (exact) mass is 445 g/mol. The van der Waals surface area contributed by atoms with Crippen molar-refractivity contribution in [1.82, 2.24) is 19.6 Å². The van der Waals surface area contributed by atoms with Gasteiger partial charge in [0.1, 0.15) is 17.1 Å². The lowest BCUT2D eigenvalue weighted by Crippen LogP contribution is -2.15. The van der Waals surface area contributed by atoms with Crippen molar-refractivity contribution >= 4 is 17.6 Å². The number of halogens is 1. The molecule has 1 amide bonds. The van der Waals surface area contributed by atoms with Gasteiger partial charge in [-0.05, 0) is 56.5 Å². The van der Waals surface area contributed by atoms with Gasteiger partial charge in [0, 0.05) is 16.9 Å². The second-order valence-corrected chi connectivity index (χ2v) is 7.86. The molecule has 0 radical (unpaired) electrons. The molecule has 0 atom stereocenters. The van der Waals surface area contributed by atoms with Crippen molar-refractivity contribution in [3.63, 3.8) is 0 Å². The minimum atomic E-state index is -1.05. The second-order valence-electron chi connectivity index (χ2n) is 7.86. The fourth-order valence-electron chi connectivity index (χ4n) is 4.23. The van der Waals surface area contributed by atoms with E-state index in [0.29, 0.717) is 29.2 Å². The molecule has 0 bridgehead atoms. The van der Waals surface area contributed by atoms with E-state index in [4.69, 9.17) is 0 Å². The predicted octanol–water partition coefficient (Wildman–Crippen LogP) is 3.94. The molecule has 0 spiro atoms. The number of aromatic carboxylic acids is 1. The predicted molar refractivity (Wildman–Crippen MR) is 119 cm³/mol. The lowest BCUT2D eigenvalue weighted by atomic mass is 10.2. The van der Waals surface area contributed by atoms with Crippen molar-refractivity contribution in [3.05, 3.63) is 88.8 Å². The molecule has 8 nitrogen and oxygen atoms in total. The third-order valence-electron chi connectivity index (χ3n) is 5.81. The largest absolute Gasteiger partial charge is 0.478 e. The molecule has 9 heteroatoms. The van der Waals surface area contributed by atoms with Crippen LogP contribution in [0.5, 0.6) is 0 Å². The highest BCUT2D eigenvalue weighted by Gasteiger charge is 2.28. The SMILES string of the molecule is Cc1c(C(=O)O)cnn1-c1cccc(NC(=O)c2nn(-c3ccccc3F)c3c2CCC3)c1. The summed E-state index contributed by atoms with van der Waals surface area (Å²) in [5.41, 5.74) is 4.00. The normalized spacial score (nSPS) is 12.5. The number of carbonyl (C=O) groups is 2. The van der Waals surface area contributed by atoms with Crippen LogP contribution in [0.3, 0.4) is 0 Å². The van der Waals surface area contributed by atoms with Gasteiger partial charge < -0.3 is 10.4 Å². The van der Waals surface area contributed by atoms with Crippen LogP contribution in [0.25, 0.3) is 11.4 Å². The number of anilines is 1. The maximum atomic E-state index is 14.4. The maximum Gasteiger partial charge on any atom is 0.339 e. The smallest absolute Gasteiger partial charge is 0.339 e. The molecule has 5 rings (SSSR count). The van der Waals surface area contributed by atoms with Crippen LogP contribution in [0.2, 0.25) is 0 Å². The molecule has 166 valence electrons. The van der Waals surface area contributed by atoms with Crippen molar-refractivity contribution in [3.8, 4) is 11.4 Å². The van der Waals surface area contributed by atoms with E-state index in [9.17, 15) is 19.1 Å². The number of fused-ring (bicyclic) bond motifs is 1. The van der Waals surface area contributed by atoms with Crippen molar-refractivity contribution < 1.29 is 19.1 Å². The first-order valence-corrected chi connectivity index (χ1v) is 10.5. The van der Waals surface area contributed by atoms with Crippen LogP contribution in [0.4, 0.5) is 10.1 Å². The molecule has 2 heterocycles. The summed E-state index contributed by atoms with van der Waals surface area (Å²) in [6, 6.07) is 13.3. The Kier molecular flexibility index (Phi) is 5.01. The van der Waals surface area contributed by atoms with Crippen LogP contribution < -0.4 is 5.32 Å². The zero-order valence-electron chi connectivity index (χ0n) is 17.7. The number of aromatic nitrogens is 4. The number of amides is 1. The number of para-hydroxylation sites is 1. The van der Waals surface area contributed by atoms with Gasteiger partial charge in [-0.15, -0.1) is 0 Å². The molecule has 2 aromatic heterocycles. The molecule has 0 unspecified atom stereocenters. The number of carboxylic acids is 1. The molecule has 0 aliphatic heterocycles. The van der Waals surface area contributed by atoms with Crippen LogP contribution in [-0.4, -0.2) is 36.5 Å². The first-order chi connectivity index (χ1) is 15.9. The van der Waals surface area contributed by atoms with Gasteiger partial charge in [-0.3, -0.25) is 4.79 Å². The molecule has 0 fully saturated rings. The summed E-state index contributed by atoms with van der Waals surface area (Å²) in [7, 11) is 0. The highest BCUT2D eigenvalue weighted by Crippen LogP contribution is 2.29. The minimum absolute atomic E-state index is 0.110. The lowest BCUT2D eigenvalue weighted by molar-refractivity contribution is 0.0696. The molecule has 33 heavy (non-hydrogen) atoms. The van der Waals surface area contributed by atoms with Crippen LogP contribution in [0.15, 0.2) is 54.7 Å². The van der Waals surface area contributed by atoms with E-state index in [1.54, 1.807) is 49.4 Å². The van der Waals surface area contributed by atoms with Crippen molar-refractivity contribution in [2.45, 2.75) is 26.2 Å². The van der Waals surface area contributed by atoms with Crippen LogP contribution in [0.1, 0.15) is 44.2 Å². The van der Waals surface area contributed by atoms with Gasteiger partial charge in [0.05, 0.1) is 17.6 Å². The average Bonchev–Trinajstić information content (AvgIpc) is 3.49. The summed E-state index contributed by atoms with van der Waals surface area (Å²) in [5, 5.41) is 20.7. The fraction of sp³-hybridized carbons (Fsp3) is 0.167.